The summed E-state index contributed by atoms with van der Waals surface area (Å²) in [7, 11) is -1.49. The Kier molecular flexibility index (Phi) is 4.72. The molecule has 7 heteroatoms. The number of methoxy groups -OCH3 is 1. The quantitative estimate of drug-likeness (QED) is 0.868. The van der Waals surface area contributed by atoms with Crippen LogP contribution in [0.4, 0.5) is 0 Å². The highest BCUT2D eigenvalue weighted by molar-refractivity contribution is 7.91. The second-order valence-electron chi connectivity index (χ2n) is 5.02. The molecule has 1 aromatic carbocycles. The van der Waals surface area contributed by atoms with Crippen LogP contribution in [0.2, 0.25) is 0 Å². The number of sulfone groups is 1. The van der Waals surface area contributed by atoms with Crippen LogP contribution in [-0.4, -0.2) is 45.1 Å². The first-order valence-electron chi connectivity index (χ1n) is 6.72. The summed E-state index contributed by atoms with van der Waals surface area (Å²) in [4.78, 5) is 12.0. The lowest BCUT2D eigenvalue weighted by Crippen LogP contribution is -2.43. The molecule has 0 unspecified atom stereocenters. The van der Waals surface area contributed by atoms with E-state index in [1.807, 2.05) is 0 Å². The molecule has 1 amide bonds. The van der Waals surface area contributed by atoms with Crippen LogP contribution in [0, 0.1) is 0 Å². The third kappa shape index (κ3) is 4.10. The maximum Gasteiger partial charge on any atom is 0.261 e. The van der Waals surface area contributed by atoms with Gasteiger partial charge < -0.3 is 14.8 Å². The van der Waals surface area contributed by atoms with Gasteiger partial charge in [0.25, 0.3) is 5.91 Å². The van der Waals surface area contributed by atoms with Crippen molar-refractivity contribution in [3.8, 4) is 11.5 Å². The number of rotatable bonds is 5. The molecule has 0 radical (unpaired) electrons. The Morgan fingerprint density at radius 1 is 1.33 bits per heavy atom. The number of ether oxygens (including phenoxy) is 2. The molecule has 1 aliphatic rings. The second kappa shape index (κ2) is 6.34. The molecule has 1 heterocycles. The molecule has 6 nitrogen and oxygen atoms in total. The molecule has 1 fully saturated rings. The Bertz CT molecular complexity index is 614. The van der Waals surface area contributed by atoms with E-state index in [-0.39, 0.29) is 23.5 Å². The van der Waals surface area contributed by atoms with Gasteiger partial charge in [0.2, 0.25) is 0 Å². The SMILES string of the molecule is COc1ccccc1O[C@@H](C)C(=O)N[C@H]1CCS(=O)(=O)C1. The fraction of sp³-hybridized carbons (Fsp3) is 0.500. The third-order valence-electron chi connectivity index (χ3n) is 3.32. The van der Waals surface area contributed by atoms with Crippen LogP contribution in [0.3, 0.4) is 0 Å². The minimum absolute atomic E-state index is 0.000117. The van der Waals surface area contributed by atoms with E-state index in [2.05, 4.69) is 5.32 Å². The van der Waals surface area contributed by atoms with E-state index in [1.54, 1.807) is 31.2 Å². The van der Waals surface area contributed by atoms with E-state index in [4.69, 9.17) is 9.47 Å². The number of hydrogen-bond acceptors (Lipinski definition) is 5. The zero-order valence-corrected chi connectivity index (χ0v) is 12.9. The summed E-state index contributed by atoms with van der Waals surface area (Å²) >= 11 is 0. The lowest BCUT2D eigenvalue weighted by Gasteiger charge is -2.18. The predicted molar refractivity (Wildman–Crippen MR) is 78.3 cm³/mol. The standard InChI is InChI=1S/C14H19NO5S/c1-10(20-13-6-4-3-5-12(13)19-2)14(16)15-11-7-8-21(17,18)9-11/h3-6,10-11H,7-9H2,1-2H3,(H,15,16)/t10-,11-/m0/s1. The van der Waals surface area contributed by atoms with Crippen molar-refractivity contribution < 1.29 is 22.7 Å². The largest absolute Gasteiger partial charge is 0.493 e. The molecule has 2 rings (SSSR count). The van der Waals surface area contributed by atoms with E-state index in [9.17, 15) is 13.2 Å². The second-order valence-corrected chi connectivity index (χ2v) is 7.25. The van der Waals surface area contributed by atoms with Crippen molar-refractivity contribution in [1.29, 1.82) is 0 Å². The van der Waals surface area contributed by atoms with Gasteiger partial charge >= 0.3 is 0 Å². The van der Waals surface area contributed by atoms with Crippen molar-refractivity contribution in [2.75, 3.05) is 18.6 Å². The van der Waals surface area contributed by atoms with Gasteiger partial charge in [0.05, 0.1) is 18.6 Å². The highest BCUT2D eigenvalue weighted by atomic mass is 32.2. The fourth-order valence-electron chi connectivity index (χ4n) is 2.19. The molecule has 0 aromatic heterocycles. The molecular formula is C14H19NO5S. The van der Waals surface area contributed by atoms with Gasteiger partial charge in [-0.05, 0) is 25.5 Å². The maximum absolute atomic E-state index is 12.0. The molecule has 1 N–H and O–H groups in total. The van der Waals surface area contributed by atoms with Gasteiger partial charge in [0.1, 0.15) is 0 Å². The number of nitrogens with one attached hydrogen (secondary N) is 1. The summed E-state index contributed by atoms with van der Waals surface area (Å²) in [6, 6.07) is 6.71. The minimum Gasteiger partial charge on any atom is -0.493 e. The van der Waals surface area contributed by atoms with Crippen molar-refractivity contribution in [2.45, 2.75) is 25.5 Å². The van der Waals surface area contributed by atoms with E-state index in [0.29, 0.717) is 17.9 Å². The Balaban J connectivity index is 1.94. The van der Waals surface area contributed by atoms with Gasteiger partial charge in [-0.15, -0.1) is 0 Å². The molecule has 0 bridgehead atoms. The number of carbonyl (C=O) groups is 1. The van der Waals surface area contributed by atoms with E-state index in [0.717, 1.165) is 0 Å². The molecule has 116 valence electrons. The van der Waals surface area contributed by atoms with Crippen molar-refractivity contribution in [3.05, 3.63) is 24.3 Å². The number of carbonyl (C=O) groups excluding carboxylic acids is 1. The summed E-state index contributed by atoms with van der Waals surface area (Å²) < 4.78 is 33.5. The Morgan fingerprint density at radius 3 is 2.57 bits per heavy atom. The predicted octanol–water partition coefficient (Wildman–Crippen LogP) is 0.766. The summed E-state index contributed by atoms with van der Waals surface area (Å²) in [5.41, 5.74) is 0. The van der Waals surface area contributed by atoms with Gasteiger partial charge in [-0.3, -0.25) is 4.79 Å². The molecule has 1 aliphatic heterocycles. The van der Waals surface area contributed by atoms with Crippen LogP contribution in [0.1, 0.15) is 13.3 Å². The smallest absolute Gasteiger partial charge is 0.261 e. The van der Waals surface area contributed by atoms with Crippen molar-refractivity contribution in [3.63, 3.8) is 0 Å². The first-order valence-corrected chi connectivity index (χ1v) is 8.54. The van der Waals surface area contributed by atoms with Gasteiger partial charge in [0.15, 0.2) is 27.4 Å². The van der Waals surface area contributed by atoms with Gasteiger partial charge in [-0.2, -0.15) is 0 Å². The van der Waals surface area contributed by atoms with Gasteiger partial charge in [-0.25, -0.2) is 8.42 Å². The molecule has 1 saturated heterocycles. The van der Waals surface area contributed by atoms with Crippen molar-refractivity contribution >= 4 is 15.7 Å². The fourth-order valence-corrected chi connectivity index (χ4v) is 3.86. The first-order chi connectivity index (χ1) is 9.91. The third-order valence-corrected chi connectivity index (χ3v) is 5.09. The summed E-state index contributed by atoms with van der Waals surface area (Å²) in [5, 5.41) is 2.71. The average Bonchev–Trinajstić information content (AvgIpc) is 2.78. The zero-order chi connectivity index (χ0) is 15.5. The van der Waals surface area contributed by atoms with Crippen LogP contribution in [0.5, 0.6) is 11.5 Å². The number of para-hydroxylation sites is 2. The topological polar surface area (TPSA) is 81.7 Å². The molecular weight excluding hydrogens is 294 g/mol. The Hall–Kier alpha value is -1.76. The van der Waals surface area contributed by atoms with E-state index < -0.39 is 15.9 Å². The van der Waals surface area contributed by atoms with E-state index >= 15 is 0 Å². The van der Waals surface area contributed by atoms with Crippen LogP contribution >= 0.6 is 0 Å². The average molecular weight is 313 g/mol. The monoisotopic (exact) mass is 313 g/mol. The molecule has 2 atom stereocenters. The lowest BCUT2D eigenvalue weighted by molar-refractivity contribution is -0.127. The van der Waals surface area contributed by atoms with Gasteiger partial charge in [-0.1, -0.05) is 12.1 Å². The van der Waals surface area contributed by atoms with Crippen LogP contribution in [0.15, 0.2) is 24.3 Å². The highest BCUT2D eigenvalue weighted by Crippen LogP contribution is 2.26. The molecule has 0 saturated carbocycles. The Labute approximate surface area is 124 Å². The summed E-state index contributed by atoms with van der Waals surface area (Å²) in [6.45, 7) is 1.62. The first kappa shape index (κ1) is 15.6. The zero-order valence-electron chi connectivity index (χ0n) is 12.0. The van der Waals surface area contributed by atoms with Crippen LogP contribution < -0.4 is 14.8 Å². The minimum atomic E-state index is -3.01. The van der Waals surface area contributed by atoms with Crippen molar-refractivity contribution in [2.24, 2.45) is 0 Å². The summed E-state index contributed by atoms with van der Waals surface area (Å²) in [5.74, 6) is 0.810. The highest BCUT2D eigenvalue weighted by Gasteiger charge is 2.30. The molecule has 0 spiro atoms. The number of hydrogen-bond donors (Lipinski definition) is 1. The van der Waals surface area contributed by atoms with Crippen LogP contribution in [0.25, 0.3) is 0 Å². The number of benzene rings is 1. The maximum atomic E-state index is 12.0. The summed E-state index contributed by atoms with van der Waals surface area (Å²) in [6.07, 6.45) is -0.278. The normalized spacial score (nSPS) is 21.5. The lowest BCUT2D eigenvalue weighted by atomic mass is 10.2. The molecule has 0 aliphatic carbocycles. The van der Waals surface area contributed by atoms with E-state index in [1.165, 1.54) is 7.11 Å². The molecule has 1 aromatic rings. The van der Waals surface area contributed by atoms with Crippen molar-refractivity contribution in [1.82, 2.24) is 5.32 Å². The van der Waals surface area contributed by atoms with Gasteiger partial charge in [0, 0.05) is 6.04 Å². The number of amides is 1. The Morgan fingerprint density at radius 2 is 2.00 bits per heavy atom. The van der Waals surface area contributed by atoms with Crippen LogP contribution in [-0.2, 0) is 14.6 Å². The molecule has 21 heavy (non-hydrogen) atoms.